The minimum absolute atomic E-state index is 0.0288. The van der Waals surface area contributed by atoms with Crippen molar-refractivity contribution in [2.24, 2.45) is 0 Å². The summed E-state index contributed by atoms with van der Waals surface area (Å²) in [6.45, 7) is 0.319. The smallest absolute Gasteiger partial charge is 0.251 e. The summed E-state index contributed by atoms with van der Waals surface area (Å²) < 4.78 is 10.8. The lowest BCUT2D eigenvalue weighted by molar-refractivity contribution is 0.0951. The second-order valence-corrected chi connectivity index (χ2v) is 7.10. The van der Waals surface area contributed by atoms with Crippen molar-refractivity contribution in [3.05, 3.63) is 42.0 Å². The molecule has 1 aromatic heterocycles. The number of anilines is 1. The fraction of sp³-hybridized carbons (Fsp3) is 0.318. The van der Waals surface area contributed by atoms with E-state index in [4.69, 9.17) is 9.47 Å². The van der Waals surface area contributed by atoms with Crippen molar-refractivity contribution < 1.29 is 19.4 Å². The molecule has 1 saturated carbocycles. The van der Waals surface area contributed by atoms with Crippen LogP contribution in [0.3, 0.4) is 0 Å². The Hall–Kier alpha value is -3.39. The monoisotopic (exact) mass is 408 g/mol. The van der Waals surface area contributed by atoms with Crippen LogP contribution in [0, 0.1) is 0 Å². The Balaban J connectivity index is 1.73. The van der Waals surface area contributed by atoms with Gasteiger partial charge in [-0.25, -0.2) is 9.97 Å². The van der Waals surface area contributed by atoms with E-state index in [-0.39, 0.29) is 12.5 Å². The van der Waals surface area contributed by atoms with Crippen LogP contribution in [0.4, 0.5) is 5.82 Å². The number of aromatic nitrogens is 2. The van der Waals surface area contributed by atoms with Gasteiger partial charge < -0.3 is 25.2 Å². The minimum Gasteiger partial charge on any atom is -0.493 e. The van der Waals surface area contributed by atoms with Crippen LogP contribution in [0.5, 0.6) is 11.5 Å². The topological polar surface area (TPSA) is 106 Å². The maximum absolute atomic E-state index is 12.2. The zero-order valence-corrected chi connectivity index (χ0v) is 16.9. The van der Waals surface area contributed by atoms with E-state index >= 15 is 0 Å². The molecule has 1 heterocycles. The number of ether oxygens (including phenoxy) is 2. The first kappa shape index (κ1) is 19.9. The number of nitrogens with zero attached hydrogens (tertiary/aromatic N) is 2. The molecule has 3 aromatic rings. The fourth-order valence-corrected chi connectivity index (χ4v) is 3.16. The number of hydrogen-bond donors (Lipinski definition) is 3. The van der Waals surface area contributed by atoms with Crippen LogP contribution in [-0.2, 0) is 0 Å². The molecule has 8 heteroatoms. The molecule has 1 aliphatic carbocycles. The fourth-order valence-electron chi connectivity index (χ4n) is 3.16. The van der Waals surface area contributed by atoms with Crippen LogP contribution in [0.25, 0.3) is 22.3 Å². The Morgan fingerprint density at radius 1 is 1.10 bits per heavy atom. The predicted octanol–water partition coefficient (Wildman–Crippen LogP) is 2.61. The van der Waals surface area contributed by atoms with E-state index in [2.05, 4.69) is 20.6 Å². The standard InChI is InChI=1S/C22H24N4O4/c1-29-18-11-16-17(12-19(18)30-2)25-20(26-21(16)23-9-10-27)13-3-5-14(6-4-13)22(28)24-15-7-8-15/h3-6,11-12,15,27H,7-10H2,1-2H3,(H,24,28)(H,23,25,26). The van der Waals surface area contributed by atoms with Crippen LogP contribution in [0.15, 0.2) is 36.4 Å². The van der Waals surface area contributed by atoms with E-state index in [0.29, 0.717) is 46.8 Å². The molecule has 2 aromatic carbocycles. The number of aliphatic hydroxyl groups excluding tert-OH is 1. The molecular weight excluding hydrogens is 384 g/mol. The summed E-state index contributed by atoms with van der Waals surface area (Å²) in [5.74, 6) is 2.16. The third kappa shape index (κ3) is 4.13. The molecular formula is C22H24N4O4. The number of methoxy groups -OCH3 is 2. The number of benzene rings is 2. The van der Waals surface area contributed by atoms with Gasteiger partial charge in [-0.05, 0) is 31.0 Å². The van der Waals surface area contributed by atoms with Gasteiger partial charge in [-0.3, -0.25) is 4.79 Å². The Morgan fingerprint density at radius 3 is 2.43 bits per heavy atom. The van der Waals surface area contributed by atoms with Crippen molar-refractivity contribution in [1.82, 2.24) is 15.3 Å². The van der Waals surface area contributed by atoms with Gasteiger partial charge in [0.05, 0.1) is 26.3 Å². The number of amides is 1. The van der Waals surface area contributed by atoms with Gasteiger partial charge in [-0.15, -0.1) is 0 Å². The Kier molecular flexibility index (Phi) is 5.67. The quantitative estimate of drug-likeness (QED) is 0.526. The summed E-state index contributed by atoms with van der Waals surface area (Å²) in [5.41, 5.74) is 2.06. The van der Waals surface area contributed by atoms with Crippen LogP contribution in [0.2, 0.25) is 0 Å². The molecule has 0 unspecified atom stereocenters. The molecule has 0 aliphatic heterocycles. The lowest BCUT2D eigenvalue weighted by Crippen LogP contribution is -2.25. The van der Waals surface area contributed by atoms with Gasteiger partial charge in [0, 0.05) is 35.2 Å². The van der Waals surface area contributed by atoms with Crippen molar-refractivity contribution >= 4 is 22.6 Å². The lowest BCUT2D eigenvalue weighted by Gasteiger charge is -2.14. The Labute approximate surface area is 174 Å². The highest BCUT2D eigenvalue weighted by Gasteiger charge is 2.23. The molecule has 8 nitrogen and oxygen atoms in total. The SMILES string of the molecule is COc1cc2nc(-c3ccc(C(=O)NC4CC4)cc3)nc(NCCO)c2cc1OC. The number of nitrogens with one attached hydrogen (secondary N) is 2. The second-order valence-electron chi connectivity index (χ2n) is 7.10. The van der Waals surface area contributed by atoms with Crippen LogP contribution in [-0.4, -0.2) is 54.4 Å². The predicted molar refractivity (Wildman–Crippen MR) is 114 cm³/mol. The van der Waals surface area contributed by atoms with E-state index in [1.807, 2.05) is 18.2 Å². The van der Waals surface area contributed by atoms with Crippen LogP contribution >= 0.6 is 0 Å². The number of aliphatic hydroxyl groups is 1. The number of fused-ring (bicyclic) bond motifs is 1. The number of hydrogen-bond acceptors (Lipinski definition) is 7. The third-order valence-corrected chi connectivity index (χ3v) is 4.92. The Bertz CT molecular complexity index is 1060. The van der Waals surface area contributed by atoms with E-state index in [9.17, 15) is 9.90 Å². The van der Waals surface area contributed by atoms with Gasteiger partial charge in [-0.2, -0.15) is 0 Å². The number of rotatable bonds is 8. The highest BCUT2D eigenvalue weighted by molar-refractivity contribution is 5.95. The zero-order valence-electron chi connectivity index (χ0n) is 16.9. The molecule has 3 N–H and O–H groups in total. The summed E-state index contributed by atoms with van der Waals surface area (Å²) in [5, 5.41) is 16.1. The lowest BCUT2D eigenvalue weighted by atomic mass is 10.1. The van der Waals surface area contributed by atoms with E-state index < -0.39 is 0 Å². The highest BCUT2D eigenvalue weighted by atomic mass is 16.5. The maximum atomic E-state index is 12.2. The van der Waals surface area contributed by atoms with Crippen molar-refractivity contribution in [3.63, 3.8) is 0 Å². The first-order valence-electron chi connectivity index (χ1n) is 9.82. The molecule has 1 amide bonds. The van der Waals surface area contributed by atoms with Crippen molar-refractivity contribution in [2.75, 3.05) is 32.7 Å². The molecule has 1 aliphatic rings. The Morgan fingerprint density at radius 2 is 1.80 bits per heavy atom. The van der Waals surface area contributed by atoms with Gasteiger partial charge in [0.2, 0.25) is 0 Å². The van der Waals surface area contributed by atoms with E-state index in [1.165, 1.54) is 0 Å². The number of carbonyl (C=O) groups excluding carboxylic acids is 1. The molecule has 0 saturated heterocycles. The summed E-state index contributed by atoms with van der Waals surface area (Å²) in [6, 6.07) is 11.1. The average molecular weight is 408 g/mol. The van der Waals surface area contributed by atoms with E-state index in [0.717, 1.165) is 23.8 Å². The third-order valence-electron chi connectivity index (χ3n) is 4.92. The molecule has 156 valence electrons. The van der Waals surface area contributed by atoms with Crippen LogP contribution in [0.1, 0.15) is 23.2 Å². The molecule has 0 radical (unpaired) electrons. The van der Waals surface area contributed by atoms with Gasteiger partial charge >= 0.3 is 0 Å². The van der Waals surface area contributed by atoms with Crippen molar-refractivity contribution in [1.29, 1.82) is 0 Å². The molecule has 1 fully saturated rings. The summed E-state index contributed by atoms with van der Waals surface area (Å²) in [7, 11) is 3.14. The molecule has 0 bridgehead atoms. The van der Waals surface area contributed by atoms with Gasteiger partial charge in [0.25, 0.3) is 5.91 Å². The van der Waals surface area contributed by atoms with Crippen molar-refractivity contribution in [2.45, 2.75) is 18.9 Å². The first-order chi connectivity index (χ1) is 14.6. The normalized spacial score (nSPS) is 13.2. The minimum atomic E-state index is -0.0642. The first-order valence-corrected chi connectivity index (χ1v) is 9.82. The molecule has 4 rings (SSSR count). The molecule has 0 atom stereocenters. The van der Waals surface area contributed by atoms with E-state index in [1.54, 1.807) is 32.4 Å². The number of carbonyl (C=O) groups is 1. The summed E-state index contributed by atoms with van der Waals surface area (Å²) >= 11 is 0. The average Bonchev–Trinajstić information content (AvgIpc) is 3.60. The highest BCUT2D eigenvalue weighted by Crippen LogP contribution is 2.35. The van der Waals surface area contributed by atoms with Crippen molar-refractivity contribution in [3.8, 4) is 22.9 Å². The second kappa shape index (κ2) is 8.54. The summed E-state index contributed by atoms with van der Waals surface area (Å²) in [4.78, 5) is 21.5. The molecule has 0 spiro atoms. The molecule has 30 heavy (non-hydrogen) atoms. The van der Waals surface area contributed by atoms with Crippen LogP contribution < -0.4 is 20.1 Å². The largest absolute Gasteiger partial charge is 0.493 e. The maximum Gasteiger partial charge on any atom is 0.251 e. The van der Waals surface area contributed by atoms with Gasteiger partial charge in [0.15, 0.2) is 17.3 Å². The van der Waals surface area contributed by atoms with Gasteiger partial charge in [-0.1, -0.05) is 12.1 Å². The summed E-state index contributed by atoms with van der Waals surface area (Å²) in [6.07, 6.45) is 2.10. The van der Waals surface area contributed by atoms with Gasteiger partial charge in [0.1, 0.15) is 5.82 Å². The zero-order chi connectivity index (χ0) is 21.1.